The average Bonchev–Trinajstić information content (AvgIpc) is 2.93. The Balaban J connectivity index is 1.78. The molecule has 4 aliphatic rings. The summed E-state index contributed by atoms with van der Waals surface area (Å²) in [7, 11) is 0. The highest BCUT2D eigenvalue weighted by Crippen LogP contribution is 2.67. The van der Waals surface area contributed by atoms with E-state index in [1.54, 1.807) is 6.92 Å². The number of hydrogen-bond donors (Lipinski definition) is 1. The van der Waals surface area contributed by atoms with Crippen LogP contribution in [0.25, 0.3) is 0 Å². The van der Waals surface area contributed by atoms with Crippen LogP contribution in [0.15, 0.2) is 23.6 Å². The molecule has 4 aliphatic carbocycles. The van der Waals surface area contributed by atoms with E-state index in [0.717, 1.165) is 44.0 Å². The van der Waals surface area contributed by atoms with Crippen LogP contribution in [0.3, 0.4) is 0 Å². The van der Waals surface area contributed by atoms with Gasteiger partial charge in [-0.3, -0.25) is 4.79 Å². The fourth-order valence-corrected chi connectivity index (χ4v) is 7.10. The number of halogens is 1. The normalized spacial score (nSPS) is 45.9. The van der Waals surface area contributed by atoms with Crippen LogP contribution in [0.4, 0.5) is 4.39 Å². The number of rotatable bonds is 1. The van der Waals surface area contributed by atoms with Crippen LogP contribution in [0, 0.1) is 40.9 Å². The van der Waals surface area contributed by atoms with Gasteiger partial charge in [0.05, 0.1) is 6.33 Å². The first-order valence-electron chi connectivity index (χ1n) is 10.2. The second-order valence-corrected chi connectivity index (χ2v) is 8.81. The molecule has 0 saturated heterocycles. The number of allylic oxidation sites excluding steroid dienone is 2. The molecule has 6 atom stereocenters. The molecule has 0 radical (unpaired) electrons. The zero-order chi connectivity index (χ0) is 18.5. The molecule has 0 aromatic carbocycles. The summed E-state index contributed by atoms with van der Waals surface area (Å²) in [6.07, 6.45) is 9.17. The summed E-state index contributed by atoms with van der Waals surface area (Å²) in [6, 6.07) is 0. The highest BCUT2D eigenvalue weighted by Gasteiger charge is 2.64. The van der Waals surface area contributed by atoms with Crippen LogP contribution in [0.5, 0.6) is 0 Å². The summed E-state index contributed by atoms with van der Waals surface area (Å²) in [5.74, 6) is 7.59. The van der Waals surface area contributed by atoms with E-state index in [4.69, 9.17) is 0 Å². The summed E-state index contributed by atoms with van der Waals surface area (Å²) >= 11 is 0. The van der Waals surface area contributed by atoms with E-state index in [0.29, 0.717) is 37.0 Å². The molecule has 0 unspecified atom stereocenters. The standard InChI is InChI=1S/C23H29FO2/c1-3-10-23(26)11-9-20-19-7-5-15-12-17(25)6-8-18(15)21(19)16(14-24)13-22(20,23)4-2/h12,14,18-21,26H,4-9,11,13H2,1-2H3/b16-14+/t18-,19-,20-,21+,22-,23-/m0/s1. The minimum Gasteiger partial charge on any atom is -0.377 e. The Bertz CT molecular complexity index is 739. The molecule has 3 fully saturated rings. The van der Waals surface area contributed by atoms with Crippen molar-refractivity contribution in [2.24, 2.45) is 29.1 Å². The van der Waals surface area contributed by atoms with Gasteiger partial charge in [0.25, 0.3) is 0 Å². The fraction of sp³-hybridized carbons (Fsp3) is 0.696. The van der Waals surface area contributed by atoms with E-state index in [1.807, 2.05) is 6.08 Å². The van der Waals surface area contributed by atoms with Crippen molar-refractivity contribution in [2.45, 2.75) is 70.8 Å². The van der Waals surface area contributed by atoms with Crippen molar-refractivity contribution >= 4 is 5.78 Å². The zero-order valence-electron chi connectivity index (χ0n) is 15.9. The van der Waals surface area contributed by atoms with Crippen molar-refractivity contribution in [1.82, 2.24) is 0 Å². The van der Waals surface area contributed by atoms with Crippen molar-refractivity contribution in [3.8, 4) is 11.8 Å². The third kappa shape index (κ3) is 2.31. The molecule has 0 heterocycles. The van der Waals surface area contributed by atoms with Crippen LogP contribution in [0.2, 0.25) is 0 Å². The maximum absolute atomic E-state index is 14.1. The minimum atomic E-state index is -1.00. The zero-order valence-corrected chi connectivity index (χ0v) is 15.9. The van der Waals surface area contributed by atoms with Crippen molar-refractivity contribution in [3.05, 3.63) is 23.6 Å². The molecular formula is C23H29FO2. The van der Waals surface area contributed by atoms with Gasteiger partial charge >= 0.3 is 0 Å². The molecule has 2 nitrogen and oxygen atoms in total. The molecule has 0 bridgehead atoms. The molecule has 3 saturated carbocycles. The Morgan fingerprint density at radius 3 is 2.85 bits per heavy atom. The van der Waals surface area contributed by atoms with Gasteiger partial charge in [-0.2, -0.15) is 0 Å². The SMILES string of the molecule is CC#C[C@]1(O)CC[C@H]2[C@@H]3CCC4=CC(=O)CC[C@@H]4[C@H]3/C(=C/F)C[C@@]21CC. The first-order chi connectivity index (χ1) is 12.5. The molecule has 1 N–H and O–H groups in total. The number of carbonyl (C=O) groups is 1. The Labute approximate surface area is 155 Å². The number of fused-ring (bicyclic) bond motifs is 5. The van der Waals surface area contributed by atoms with Crippen LogP contribution in [-0.2, 0) is 4.79 Å². The lowest BCUT2D eigenvalue weighted by Gasteiger charge is -2.56. The highest BCUT2D eigenvalue weighted by atomic mass is 19.1. The lowest BCUT2D eigenvalue weighted by Crippen LogP contribution is -2.54. The predicted molar refractivity (Wildman–Crippen MR) is 99.7 cm³/mol. The fourth-order valence-electron chi connectivity index (χ4n) is 7.10. The molecule has 0 amide bonds. The van der Waals surface area contributed by atoms with E-state index < -0.39 is 5.60 Å². The molecule has 0 spiro atoms. The number of aliphatic hydroxyl groups is 1. The smallest absolute Gasteiger partial charge is 0.155 e. The molecule has 3 heteroatoms. The van der Waals surface area contributed by atoms with E-state index in [2.05, 4.69) is 18.8 Å². The third-order valence-electron chi connectivity index (χ3n) is 8.10. The second-order valence-electron chi connectivity index (χ2n) is 8.81. The predicted octanol–water partition coefficient (Wildman–Crippen LogP) is 4.74. The van der Waals surface area contributed by atoms with E-state index >= 15 is 0 Å². The molecule has 140 valence electrons. The maximum Gasteiger partial charge on any atom is 0.155 e. The third-order valence-corrected chi connectivity index (χ3v) is 8.10. The summed E-state index contributed by atoms with van der Waals surface area (Å²) in [6.45, 7) is 3.91. The first-order valence-corrected chi connectivity index (χ1v) is 10.2. The molecule has 4 rings (SSSR count). The van der Waals surface area contributed by atoms with E-state index in [-0.39, 0.29) is 17.1 Å². The van der Waals surface area contributed by atoms with Gasteiger partial charge in [-0.1, -0.05) is 18.4 Å². The Morgan fingerprint density at radius 1 is 1.35 bits per heavy atom. The lowest BCUT2D eigenvalue weighted by molar-refractivity contribution is -0.116. The van der Waals surface area contributed by atoms with Crippen molar-refractivity contribution in [1.29, 1.82) is 0 Å². The summed E-state index contributed by atoms with van der Waals surface area (Å²) in [5.41, 5.74) is 0.767. The minimum absolute atomic E-state index is 0.203. The first kappa shape index (κ1) is 18.0. The van der Waals surface area contributed by atoms with Crippen LogP contribution < -0.4 is 0 Å². The van der Waals surface area contributed by atoms with E-state index in [9.17, 15) is 14.3 Å². The van der Waals surface area contributed by atoms with Crippen LogP contribution in [0.1, 0.15) is 65.2 Å². The summed E-state index contributed by atoms with van der Waals surface area (Å²) < 4.78 is 14.1. The van der Waals surface area contributed by atoms with E-state index in [1.165, 1.54) is 5.57 Å². The van der Waals surface area contributed by atoms with Gasteiger partial charge in [-0.25, -0.2) is 4.39 Å². The number of ketones is 1. The van der Waals surface area contributed by atoms with Crippen LogP contribution in [-0.4, -0.2) is 16.5 Å². The van der Waals surface area contributed by atoms with Crippen molar-refractivity contribution in [2.75, 3.05) is 0 Å². The Kier molecular flexibility index (Phi) is 4.39. The summed E-state index contributed by atoms with van der Waals surface area (Å²) in [5, 5.41) is 11.4. The lowest BCUT2D eigenvalue weighted by atomic mass is 9.48. The van der Waals surface area contributed by atoms with Gasteiger partial charge in [-0.05, 0) is 87.2 Å². The highest BCUT2D eigenvalue weighted by molar-refractivity contribution is 5.91. The van der Waals surface area contributed by atoms with Gasteiger partial charge in [0.15, 0.2) is 5.78 Å². The van der Waals surface area contributed by atoms with Crippen LogP contribution >= 0.6 is 0 Å². The topological polar surface area (TPSA) is 37.3 Å². The molecule has 0 aromatic heterocycles. The number of hydrogen-bond acceptors (Lipinski definition) is 2. The average molecular weight is 356 g/mol. The van der Waals surface area contributed by atoms with Gasteiger partial charge in [-0.15, -0.1) is 5.92 Å². The Hall–Kier alpha value is -1.40. The number of carbonyl (C=O) groups excluding carboxylic acids is 1. The van der Waals surface area contributed by atoms with Gasteiger partial charge in [0.2, 0.25) is 0 Å². The van der Waals surface area contributed by atoms with Gasteiger partial charge in [0, 0.05) is 11.8 Å². The largest absolute Gasteiger partial charge is 0.377 e. The monoisotopic (exact) mass is 356 g/mol. The molecule has 26 heavy (non-hydrogen) atoms. The second kappa shape index (κ2) is 6.34. The summed E-state index contributed by atoms with van der Waals surface area (Å²) in [4.78, 5) is 11.9. The quantitative estimate of drug-likeness (QED) is 0.689. The van der Waals surface area contributed by atoms with Gasteiger partial charge < -0.3 is 5.11 Å². The molecule has 0 aliphatic heterocycles. The Morgan fingerprint density at radius 2 is 2.15 bits per heavy atom. The molecular weight excluding hydrogens is 327 g/mol. The maximum atomic E-state index is 14.1. The van der Waals surface area contributed by atoms with Crippen molar-refractivity contribution in [3.63, 3.8) is 0 Å². The van der Waals surface area contributed by atoms with Gasteiger partial charge in [0.1, 0.15) is 5.60 Å². The van der Waals surface area contributed by atoms with Crippen molar-refractivity contribution < 1.29 is 14.3 Å². The molecule has 0 aromatic rings.